The summed E-state index contributed by atoms with van der Waals surface area (Å²) in [6.07, 6.45) is 4.54. The SMILES string of the molecule is O=C1CCC(N2C(=O)c3cccc(NCc4cn(CCCN5CCN(c6nc(C7=C(c8c[nH]c9ccccc89)C(=O)NC7=O)c7ccccc7n6)CC5)nn4)c3C2=O)C(=O)N1. The Kier molecular flexibility index (Phi) is 9.39. The lowest BCUT2D eigenvalue weighted by Gasteiger charge is -2.35. The highest BCUT2D eigenvalue weighted by Crippen LogP contribution is 2.37. The highest BCUT2D eigenvalue weighted by molar-refractivity contribution is 6.50. The maximum absolute atomic E-state index is 13.5. The third-order valence-electron chi connectivity index (χ3n) is 11.6. The number of piperazine rings is 1. The Morgan fingerprint density at radius 1 is 0.754 bits per heavy atom. The van der Waals surface area contributed by atoms with Gasteiger partial charge in [-0.1, -0.05) is 47.7 Å². The van der Waals surface area contributed by atoms with Crippen molar-refractivity contribution < 1.29 is 28.8 Å². The van der Waals surface area contributed by atoms with Gasteiger partial charge in [0.25, 0.3) is 23.6 Å². The standard InChI is InChI=1S/C43H38N12O6/c56-33-14-13-32(38(57)47-33)55-41(60)27-9-5-12-31(34(27)42(55)61)44-21-24-23-54(51-50-24)16-6-15-52-17-19-53(20-18-52)43-46-30-11-4-2-8-26(30)37(48-43)36-35(39(58)49-40(36)59)28-22-45-29-10-3-1-7-25(28)29/h1-5,7-12,22-23,32,44-45H,6,13-21H2,(H,47,56,57)(H,49,58,59). The normalized spacial score (nSPS) is 18.5. The number of hydrogen-bond donors (Lipinski definition) is 4. The molecule has 18 heteroatoms. The van der Waals surface area contributed by atoms with Crippen molar-refractivity contribution in [2.75, 3.05) is 42.9 Å². The van der Waals surface area contributed by atoms with Gasteiger partial charge in [0.05, 0.1) is 46.2 Å². The van der Waals surface area contributed by atoms with Gasteiger partial charge < -0.3 is 15.2 Å². The number of fused-ring (bicyclic) bond motifs is 3. The number of rotatable bonds is 11. The van der Waals surface area contributed by atoms with Gasteiger partial charge in [0, 0.05) is 79.4 Å². The van der Waals surface area contributed by atoms with Crippen LogP contribution in [0.3, 0.4) is 0 Å². The molecule has 6 aromatic rings. The second kappa shape index (κ2) is 15.2. The zero-order valence-electron chi connectivity index (χ0n) is 32.7. The number of hydrogen-bond acceptors (Lipinski definition) is 13. The van der Waals surface area contributed by atoms with E-state index in [4.69, 9.17) is 9.97 Å². The van der Waals surface area contributed by atoms with Gasteiger partial charge in [0.15, 0.2) is 0 Å². The number of amides is 6. The molecule has 18 nitrogen and oxygen atoms in total. The van der Waals surface area contributed by atoms with E-state index in [9.17, 15) is 28.8 Å². The zero-order chi connectivity index (χ0) is 41.8. The molecule has 0 aliphatic carbocycles. The number of nitrogens with one attached hydrogen (secondary N) is 4. The van der Waals surface area contributed by atoms with Crippen molar-refractivity contribution in [3.63, 3.8) is 0 Å². The van der Waals surface area contributed by atoms with Gasteiger partial charge in [0.2, 0.25) is 17.8 Å². The monoisotopic (exact) mass is 818 g/mol. The Labute approximate surface area is 347 Å². The summed E-state index contributed by atoms with van der Waals surface area (Å²) in [5.41, 5.74) is 4.57. The number of para-hydroxylation sites is 2. The Bertz CT molecular complexity index is 2870. The Balaban J connectivity index is 0.769. The number of aromatic nitrogens is 6. The molecule has 0 bridgehead atoms. The van der Waals surface area contributed by atoms with Crippen LogP contribution < -0.4 is 20.9 Å². The summed E-state index contributed by atoms with van der Waals surface area (Å²) in [6.45, 7) is 4.57. The molecule has 1 unspecified atom stereocenters. The molecule has 0 saturated carbocycles. The number of anilines is 2. The highest BCUT2D eigenvalue weighted by atomic mass is 16.2. The minimum Gasteiger partial charge on any atom is -0.379 e. The molecule has 10 rings (SSSR count). The largest absolute Gasteiger partial charge is 0.379 e. The third kappa shape index (κ3) is 6.75. The Morgan fingerprint density at radius 3 is 2.38 bits per heavy atom. The van der Waals surface area contributed by atoms with E-state index < -0.39 is 41.5 Å². The van der Waals surface area contributed by atoms with Crippen molar-refractivity contribution in [1.29, 1.82) is 0 Å². The molecule has 6 amide bonds. The van der Waals surface area contributed by atoms with E-state index >= 15 is 0 Å². The number of benzene rings is 3. The maximum atomic E-state index is 13.5. The molecule has 0 radical (unpaired) electrons. The van der Waals surface area contributed by atoms with Gasteiger partial charge >= 0.3 is 0 Å². The molecule has 4 N–H and O–H groups in total. The van der Waals surface area contributed by atoms with E-state index in [1.54, 1.807) is 29.1 Å². The lowest BCUT2D eigenvalue weighted by Crippen LogP contribution is -2.54. The van der Waals surface area contributed by atoms with Gasteiger partial charge in [-0.2, -0.15) is 0 Å². The highest BCUT2D eigenvalue weighted by Gasteiger charge is 2.45. The van der Waals surface area contributed by atoms with E-state index in [1.807, 2.05) is 54.7 Å². The number of nitrogens with zero attached hydrogens (tertiary/aromatic N) is 8. The van der Waals surface area contributed by atoms with Crippen LogP contribution in [0.25, 0.3) is 33.0 Å². The minimum absolute atomic E-state index is 0.0477. The predicted octanol–water partition coefficient (Wildman–Crippen LogP) is 2.50. The molecule has 4 aliphatic rings. The van der Waals surface area contributed by atoms with Gasteiger partial charge in [-0.05, 0) is 37.1 Å². The van der Waals surface area contributed by atoms with Gasteiger partial charge in [-0.3, -0.25) is 53.9 Å². The van der Waals surface area contributed by atoms with Crippen LogP contribution in [0.1, 0.15) is 56.9 Å². The molecular formula is C43H38N12O6. The maximum Gasteiger partial charge on any atom is 0.264 e. The number of carbonyl (C=O) groups is 6. The van der Waals surface area contributed by atoms with E-state index in [-0.39, 0.29) is 41.7 Å². The summed E-state index contributed by atoms with van der Waals surface area (Å²) >= 11 is 0. The number of carbonyl (C=O) groups excluding carboxylic acids is 6. The minimum atomic E-state index is -1.04. The smallest absolute Gasteiger partial charge is 0.264 e. The second-order valence-electron chi connectivity index (χ2n) is 15.4. The zero-order valence-corrected chi connectivity index (χ0v) is 32.7. The summed E-state index contributed by atoms with van der Waals surface area (Å²) in [4.78, 5) is 96.1. The fourth-order valence-electron chi connectivity index (χ4n) is 8.62. The number of piperidine rings is 1. The summed E-state index contributed by atoms with van der Waals surface area (Å²) < 4.78 is 1.77. The van der Waals surface area contributed by atoms with E-state index in [0.29, 0.717) is 59.1 Å². The summed E-state index contributed by atoms with van der Waals surface area (Å²) in [5.74, 6) is -2.69. The number of H-pyrrole nitrogens is 1. The molecule has 7 heterocycles. The molecule has 3 aromatic carbocycles. The van der Waals surface area contributed by atoms with Crippen LogP contribution in [0.4, 0.5) is 11.6 Å². The number of imide groups is 3. The molecule has 1 atom stereocenters. The van der Waals surface area contributed by atoms with Gasteiger partial charge in [-0.25, -0.2) is 9.97 Å². The second-order valence-corrected chi connectivity index (χ2v) is 15.4. The molecular weight excluding hydrogens is 781 g/mol. The van der Waals surface area contributed by atoms with Crippen LogP contribution in [0, 0.1) is 0 Å². The molecule has 3 aromatic heterocycles. The first-order valence-corrected chi connectivity index (χ1v) is 20.1. The lowest BCUT2D eigenvalue weighted by molar-refractivity contribution is -0.136. The first-order valence-electron chi connectivity index (χ1n) is 20.1. The average Bonchev–Trinajstić information content (AvgIpc) is 4.04. The van der Waals surface area contributed by atoms with Crippen molar-refractivity contribution in [2.24, 2.45) is 0 Å². The van der Waals surface area contributed by atoms with Crippen LogP contribution in [-0.4, -0.2) is 114 Å². The average molecular weight is 819 g/mol. The van der Waals surface area contributed by atoms with Gasteiger partial charge in [-0.15, -0.1) is 5.10 Å². The van der Waals surface area contributed by atoms with Crippen LogP contribution in [0.15, 0.2) is 79.1 Å². The van der Waals surface area contributed by atoms with Crippen LogP contribution in [-0.2, 0) is 32.3 Å². The fraction of sp³-hybridized carbons (Fsp3) is 0.256. The quantitative estimate of drug-likeness (QED) is 0.138. The van der Waals surface area contributed by atoms with Crippen molar-refractivity contribution in [3.8, 4) is 0 Å². The Morgan fingerprint density at radius 2 is 1.54 bits per heavy atom. The van der Waals surface area contributed by atoms with Crippen LogP contribution >= 0.6 is 0 Å². The van der Waals surface area contributed by atoms with Crippen molar-refractivity contribution in [1.82, 2.24) is 50.4 Å². The van der Waals surface area contributed by atoms with E-state index in [2.05, 4.69) is 41.0 Å². The topological polar surface area (TPSA) is 221 Å². The number of aryl methyl sites for hydroxylation is 1. The summed E-state index contributed by atoms with van der Waals surface area (Å²) in [7, 11) is 0. The van der Waals surface area contributed by atoms with Crippen LogP contribution in [0.5, 0.6) is 0 Å². The van der Waals surface area contributed by atoms with Crippen molar-refractivity contribution in [2.45, 2.75) is 38.4 Å². The molecule has 2 fully saturated rings. The summed E-state index contributed by atoms with van der Waals surface area (Å²) in [6, 6.07) is 19.1. The Hall–Kier alpha value is -7.60. The molecule has 2 saturated heterocycles. The van der Waals surface area contributed by atoms with Gasteiger partial charge in [0.1, 0.15) is 11.7 Å². The lowest BCUT2D eigenvalue weighted by atomic mass is 9.97. The fourth-order valence-corrected chi connectivity index (χ4v) is 8.62. The molecule has 4 aliphatic heterocycles. The van der Waals surface area contributed by atoms with Crippen molar-refractivity contribution >= 4 is 80.0 Å². The van der Waals surface area contributed by atoms with E-state index in [1.165, 1.54) is 0 Å². The predicted molar refractivity (Wildman–Crippen MR) is 222 cm³/mol. The molecule has 0 spiro atoms. The molecule has 306 valence electrons. The van der Waals surface area contributed by atoms with E-state index in [0.717, 1.165) is 41.9 Å². The molecule has 61 heavy (non-hydrogen) atoms. The number of aromatic amines is 1. The first-order chi connectivity index (χ1) is 29.7. The first kappa shape index (κ1) is 37.7. The van der Waals surface area contributed by atoms with Crippen molar-refractivity contribution in [3.05, 3.63) is 107 Å². The third-order valence-corrected chi connectivity index (χ3v) is 11.6. The summed E-state index contributed by atoms with van der Waals surface area (Å²) in [5, 5.41) is 18.0. The van der Waals surface area contributed by atoms with Crippen LogP contribution in [0.2, 0.25) is 0 Å².